The van der Waals surface area contributed by atoms with Crippen LogP contribution in [0.3, 0.4) is 0 Å². The molecule has 0 saturated heterocycles. The van der Waals surface area contributed by atoms with E-state index in [1.54, 1.807) is 0 Å². The Kier molecular flexibility index (Phi) is 4.62. The van der Waals surface area contributed by atoms with E-state index in [0.717, 1.165) is 27.6 Å². The molecule has 1 aliphatic rings. The lowest BCUT2D eigenvalue weighted by molar-refractivity contribution is 0.748. The summed E-state index contributed by atoms with van der Waals surface area (Å²) in [5, 5.41) is 6.90. The van der Waals surface area contributed by atoms with E-state index < -0.39 is 0 Å². The Bertz CT molecular complexity index is 666. The maximum Gasteiger partial charge on any atom is 0.136 e. The molecule has 1 aromatic carbocycles. The van der Waals surface area contributed by atoms with E-state index in [1.165, 1.54) is 31.2 Å². The number of nitrogens with one attached hydrogen (secondary N) is 2. The van der Waals surface area contributed by atoms with Crippen molar-refractivity contribution in [1.29, 1.82) is 0 Å². The molecule has 22 heavy (non-hydrogen) atoms. The molecule has 116 valence electrons. The molecule has 5 heteroatoms. The molecule has 3 rings (SSSR count). The van der Waals surface area contributed by atoms with Crippen molar-refractivity contribution >= 4 is 33.3 Å². The Balaban J connectivity index is 1.79. The van der Waals surface area contributed by atoms with E-state index >= 15 is 0 Å². The number of rotatable bonds is 4. The van der Waals surface area contributed by atoms with Crippen LogP contribution in [0.4, 0.5) is 17.3 Å². The Labute approximate surface area is 139 Å². The molecule has 1 fully saturated rings. The second-order valence-electron chi connectivity index (χ2n) is 5.92. The van der Waals surface area contributed by atoms with Crippen molar-refractivity contribution in [1.82, 2.24) is 9.97 Å². The zero-order chi connectivity index (χ0) is 15.5. The monoisotopic (exact) mass is 360 g/mol. The van der Waals surface area contributed by atoms with Crippen molar-refractivity contribution < 1.29 is 0 Å². The quantitative estimate of drug-likeness (QED) is 0.809. The highest BCUT2D eigenvalue weighted by atomic mass is 79.9. The van der Waals surface area contributed by atoms with Crippen molar-refractivity contribution in [2.75, 3.05) is 10.6 Å². The van der Waals surface area contributed by atoms with Gasteiger partial charge < -0.3 is 10.6 Å². The van der Waals surface area contributed by atoms with Gasteiger partial charge in [-0.2, -0.15) is 0 Å². The second kappa shape index (κ2) is 6.65. The third-order valence-corrected chi connectivity index (χ3v) is 4.59. The van der Waals surface area contributed by atoms with Gasteiger partial charge in [0.25, 0.3) is 0 Å². The van der Waals surface area contributed by atoms with Gasteiger partial charge in [0, 0.05) is 16.6 Å². The molecular formula is C17H21BrN4. The van der Waals surface area contributed by atoms with Crippen molar-refractivity contribution in [3.63, 3.8) is 0 Å². The van der Waals surface area contributed by atoms with Gasteiger partial charge >= 0.3 is 0 Å². The maximum absolute atomic E-state index is 4.50. The molecule has 1 saturated carbocycles. The first-order valence-electron chi connectivity index (χ1n) is 7.75. The minimum Gasteiger partial charge on any atom is -0.367 e. The molecule has 0 atom stereocenters. The third kappa shape index (κ3) is 3.77. The minimum absolute atomic E-state index is 0.549. The van der Waals surface area contributed by atoms with Crippen LogP contribution >= 0.6 is 15.9 Å². The molecule has 4 nitrogen and oxygen atoms in total. The van der Waals surface area contributed by atoms with Crippen molar-refractivity contribution in [3.8, 4) is 0 Å². The van der Waals surface area contributed by atoms with E-state index in [1.807, 2.05) is 13.0 Å². The zero-order valence-electron chi connectivity index (χ0n) is 13.0. The molecular weight excluding hydrogens is 340 g/mol. The summed E-state index contributed by atoms with van der Waals surface area (Å²) >= 11 is 3.59. The number of halogens is 1. The van der Waals surface area contributed by atoms with Gasteiger partial charge in [0.1, 0.15) is 17.5 Å². The van der Waals surface area contributed by atoms with Crippen molar-refractivity contribution in [2.45, 2.75) is 45.6 Å². The minimum atomic E-state index is 0.549. The number of nitrogens with zero attached hydrogens (tertiary/aromatic N) is 2. The van der Waals surface area contributed by atoms with Crippen LogP contribution in [-0.2, 0) is 0 Å². The summed E-state index contributed by atoms with van der Waals surface area (Å²) in [5.74, 6) is 2.50. The Hall–Kier alpha value is -1.62. The molecule has 0 amide bonds. The number of hydrogen-bond acceptors (Lipinski definition) is 4. The van der Waals surface area contributed by atoms with E-state index in [9.17, 15) is 0 Å². The fraction of sp³-hybridized carbons (Fsp3) is 0.412. The summed E-state index contributed by atoms with van der Waals surface area (Å²) in [7, 11) is 0. The predicted octanol–water partition coefficient (Wildman–Crippen LogP) is 4.95. The molecule has 2 N–H and O–H groups in total. The number of aryl methyl sites for hydroxylation is 2. The average molecular weight is 361 g/mol. The Morgan fingerprint density at radius 1 is 1.05 bits per heavy atom. The molecule has 0 unspecified atom stereocenters. The van der Waals surface area contributed by atoms with Gasteiger partial charge in [0.2, 0.25) is 0 Å². The molecule has 2 aromatic rings. The van der Waals surface area contributed by atoms with Gasteiger partial charge in [-0.3, -0.25) is 0 Å². The summed E-state index contributed by atoms with van der Waals surface area (Å²) in [6, 6.07) is 8.76. The van der Waals surface area contributed by atoms with E-state index in [4.69, 9.17) is 0 Å². The smallest absolute Gasteiger partial charge is 0.136 e. The fourth-order valence-electron chi connectivity index (χ4n) is 2.84. The first-order valence-corrected chi connectivity index (χ1v) is 8.55. The summed E-state index contributed by atoms with van der Waals surface area (Å²) in [5.41, 5.74) is 2.23. The van der Waals surface area contributed by atoms with Gasteiger partial charge in [-0.15, -0.1) is 0 Å². The highest BCUT2D eigenvalue weighted by molar-refractivity contribution is 9.10. The van der Waals surface area contributed by atoms with Crippen LogP contribution in [0.1, 0.15) is 37.1 Å². The molecule has 0 aliphatic heterocycles. The topological polar surface area (TPSA) is 49.8 Å². The van der Waals surface area contributed by atoms with Crippen LogP contribution in [0.25, 0.3) is 0 Å². The highest BCUT2D eigenvalue weighted by Gasteiger charge is 2.15. The van der Waals surface area contributed by atoms with Gasteiger partial charge in [0.05, 0.1) is 5.69 Å². The third-order valence-electron chi connectivity index (χ3n) is 3.93. The molecule has 0 spiro atoms. The van der Waals surface area contributed by atoms with Crippen LogP contribution in [0.2, 0.25) is 0 Å². The molecule has 0 radical (unpaired) electrons. The number of aromatic nitrogens is 2. The molecule has 0 bridgehead atoms. The summed E-state index contributed by atoms with van der Waals surface area (Å²) in [6.45, 7) is 4.00. The van der Waals surface area contributed by atoms with E-state index in [-0.39, 0.29) is 0 Å². The summed E-state index contributed by atoms with van der Waals surface area (Å²) in [6.07, 6.45) is 5.08. The Morgan fingerprint density at radius 2 is 1.77 bits per heavy atom. The van der Waals surface area contributed by atoms with Gasteiger partial charge in [-0.1, -0.05) is 18.9 Å². The molecule has 1 aliphatic carbocycles. The SMILES string of the molecule is Cc1ccc(Nc2cc(NC3CCCC3)nc(C)n2)c(Br)c1. The largest absolute Gasteiger partial charge is 0.367 e. The standard InChI is InChI=1S/C17H21BrN4/c1-11-7-8-15(14(18)9-11)22-17-10-16(19-12(2)20-17)21-13-5-3-4-6-13/h7-10,13H,3-6H2,1-2H3,(H2,19,20,21,22). The van der Waals surface area contributed by atoms with Crippen LogP contribution < -0.4 is 10.6 Å². The zero-order valence-corrected chi connectivity index (χ0v) is 14.6. The summed E-state index contributed by atoms with van der Waals surface area (Å²) in [4.78, 5) is 8.99. The maximum atomic E-state index is 4.50. The van der Waals surface area contributed by atoms with Crippen LogP contribution in [0.5, 0.6) is 0 Å². The molecule has 1 heterocycles. The van der Waals surface area contributed by atoms with E-state index in [2.05, 4.69) is 61.7 Å². The van der Waals surface area contributed by atoms with Crippen LogP contribution in [-0.4, -0.2) is 16.0 Å². The van der Waals surface area contributed by atoms with Crippen molar-refractivity contribution in [3.05, 3.63) is 40.1 Å². The first-order chi connectivity index (χ1) is 10.6. The van der Waals surface area contributed by atoms with Gasteiger partial charge in [-0.25, -0.2) is 9.97 Å². The highest BCUT2D eigenvalue weighted by Crippen LogP contribution is 2.27. The number of hydrogen-bond donors (Lipinski definition) is 2. The second-order valence-corrected chi connectivity index (χ2v) is 6.77. The average Bonchev–Trinajstić information content (AvgIpc) is 2.94. The van der Waals surface area contributed by atoms with Gasteiger partial charge in [-0.05, 0) is 60.3 Å². The van der Waals surface area contributed by atoms with E-state index in [0.29, 0.717) is 6.04 Å². The lowest BCUT2D eigenvalue weighted by Gasteiger charge is -2.15. The molecule has 1 aromatic heterocycles. The van der Waals surface area contributed by atoms with Crippen molar-refractivity contribution in [2.24, 2.45) is 0 Å². The van der Waals surface area contributed by atoms with Crippen LogP contribution in [0.15, 0.2) is 28.7 Å². The van der Waals surface area contributed by atoms with Crippen LogP contribution in [0, 0.1) is 13.8 Å². The number of benzene rings is 1. The summed E-state index contributed by atoms with van der Waals surface area (Å²) < 4.78 is 1.04. The number of anilines is 3. The first kappa shape index (κ1) is 15.3. The van der Waals surface area contributed by atoms with Gasteiger partial charge in [0.15, 0.2) is 0 Å². The lowest BCUT2D eigenvalue weighted by atomic mass is 10.2. The lowest BCUT2D eigenvalue weighted by Crippen LogP contribution is -2.16. The fourth-order valence-corrected chi connectivity index (χ4v) is 3.44. The normalized spacial score (nSPS) is 15.0. The predicted molar refractivity (Wildman–Crippen MR) is 94.8 cm³/mol. The Morgan fingerprint density at radius 3 is 2.50 bits per heavy atom.